The molecule has 3 heteroatoms. The van der Waals surface area contributed by atoms with Gasteiger partial charge in [-0.15, -0.1) is 0 Å². The fourth-order valence-electron chi connectivity index (χ4n) is 1.89. The molecule has 0 aromatic rings. The minimum Gasteiger partial charge on any atom is -0.487 e. The van der Waals surface area contributed by atoms with Crippen molar-refractivity contribution in [2.75, 3.05) is 6.61 Å². The van der Waals surface area contributed by atoms with Gasteiger partial charge in [-0.1, -0.05) is 58.8 Å². The second kappa shape index (κ2) is 13.7. The third-order valence-corrected chi connectivity index (χ3v) is 4.07. The lowest BCUT2D eigenvalue weighted by atomic mass is 10.1. The first-order valence-electron chi connectivity index (χ1n) is 7.54. The smallest absolute Gasteiger partial charge is 0.159 e. The van der Waals surface area contributed by atoms with Gasteiger partial charge in [-0.05, 0) is 25.1 Å². The van der Waals surface area contributed by atoms with Crippen molar-refractivity contribution in [3.8, 4) is 0 Å². The quantitative estimate of drug-likeness (QED) is 0.286. The van der Waals surface area contributed by atoms with Crippen LogP contribution < -0.4 is 0 Å². The lowest BCUT2D eigenvalue weighted by Crippen LogP contribution is -2.08. The average molecular weight is 291 g/mol. The van der Waals surface area contributed by atoms with E-state index in [9.17, 15) is 0 Å². The van der Waals surface area contributed by atoms with E-state index in [4.69, 9.17) is 17.0 Å². The molecule has 0 amide bonds. The molecule has 0 rings (SSSR count). The zero-order chi connectivity index (χ0) is 13.6. The summed E-state index contributed by atoms with van der Waals surface area (Å²) in [7, 11) is 0. The summed E-state index contributed by atoms with van der Waals surface area (Å²) >= 11 is 9.61. The summed E-state index contributed by atoms with van der Waals surface area (Å²) in [5.74, 6) is 0. The van der Waals surface area contributed by atoms with Gasteiger partial charge in [-0.25, -0.2) is 0 Å². The molecule has 0 heterocycles. The summed E-state index contributed by atoms with van der Waals surface area (Å²) in [5, 5.41) is 1.20. The highest BCUT2D eigenvalue weighted by Gasteiger charge is 2.04. The lowest BCUT2D eigenvalue weighted by molar-refractivity contribution is 0.295. The molecular weight excluding hydrogens is 260 g/mol. The minimum absolute atomic E-state index is 0.472. The molecule has 0 spiro atoms. The van der Waals surface area contributed by atoms with Gasteiger partial charge in [0.25, 0.3) is 0 Å². The van der Waals surface area contributed by atoms with Crippen LogP contribution in [0.3, 0.4) is 0 Å². The summed E-state index contributed by atoms with van der Waals surface area (Å²) in [4.78, 5) is 0. The van der Waals surface area contributed by atoms with Crippen LogP contribution in [-0.4, -0.2) is 16.9 Å². The molecule has 0 saturated heterocycles. The molecule has 1 atom stereocenters. The molecule has 1 nitrogen and oxygen atoms in total. The molecule has 0 aliphatic rings. The molecule has 0 aliphatic heterocycles. The van der Waals surface area contributed by atoms with Crippen molar-refractivity contribution in [2.24, 2.45) is 0 Å². The van der Waals surface area contributed by atoms with E-state index in [2.05, 4.69) is 19.6 Å². The molecule has 0 aromatic carbocycles. The second-order valence-corrected chi connectivity index (χ2v) is 6.11. The van der Waals surface area contributed by atoms with Crippen molar-refractivity contribution in [3.63, 3.8) is 0 Å². The fourth-order valence-corrected chi connectivity index (χ4v) is 2.26. The zero-order valence-electron chi connectivity index (χ0n) is 12.1. The van der Waals surface area contributed by atoms with E-state index in [1.54, 1.807) is 0 Å². The molecular formula is C15H30OS2. The van der Waals surface area contributed by atoms with E-state index in [-0.39, 0.29) is 0 Å². The van der Waals surface area contributed by atoms with Gasteiger partial charge in [0.2, 0.25) is 0 Å². The Balaban J connectivity index is 3.21. The molecule has 18 heavy (non-hydrogen) atoms. The van der Waals surface area contributed by atoms with E-state index in [1.165, 1.54) is 51.4 Å². The van der Waals surface area contributed by atoms with Gasteiger partial charge in [0.15, 0.2) is 5.05 Å². The maximum absolute atomic E-state index is 5.42. The molecule has 0 fully saturated rings. The van der Waals surface area contributed by atoms with Crippen molar-refractivity contribution < 1.29 is 4.74 Å². The molecule has 0 aromatic heterocycles. The first-order chi connectivity index (χ1) is 8.70. The van der Waals surface area contributed by atoms with Gasteiger partial charge in [0, 0.05) is 11.7 Å². The third-order valence-electron chi connectivity index (χ3n) is 3.14. The summed E-state index contributed by atoms with van der Waals surface area (Å²) < 4.78 is 5.42. The molecule has 0 N–H and O–H groups in total. The fraction of sp³-hybridized carbons (Fsp3) is 0.933. The van der Waals surface area contributed by atoms with Gasteiger partial charge in [0.05, 0.1) is 6.61 Å². The minimum atomic E-state index is 0.472. The second-order valence-electron chi connectivity index (χ2n) is 4.93. The Morgan fingerprint density at radius 1 is 1.00 bits per heavy atom. The number of hydrogen-bond donors (Lipinski definition) is 1. The van der Waals surface area contributed by atoms with E-state index in [0.29, 0.717) is 5.25 Å². The Kier molecular flexibility index (Phi) is 13.8. The number of thiocarbonyl (C=S) groups is 1. The highest BCUT2D eigenvalue weighted by molar-refractivity contribution is 7.81. The summed E-state index contributed by atoms with van der Waals surface area (Å²) in [6.45, 7) is 5.02. The number of ether oxygens (including phenoxy) is 1. The van der Waals surface area contributed by atoms with Crippen molar-refractivity contribution in [2.45, 2.75) is 83.3 Å². The van der Waals surface area contributed by atoms with E-state index >= 15 is 0 Å². The largest absolute Gasteiger partial charge is 0.487 e. The predicted molar refractivity (Wildman–Crippen MR) is 88.8 cm³/mol. The number of hydrogen-bond acceptors (Lipinski definition) is 3. The number of rotatable bonds is 12. The Morgan fingerprint density at radius 2 is 1.61 bits per heavy atom. The van der Waals surface area contributed by atoms with Crippen molar-refractivity contribution in [1.29, 1.82) is 0 Å². The van der Waals surface area contributed by atoms with E-state index in [0.717, 1.165) is 24.5 Å². The van der Waals surface area contributed by atoms with Crippen LogP contribution in [0.2, 0.25) is 0 Å². The van der Waals surface area contributed by atoms with Gasteiger partial charge in [-0.2, -0.15) is 12.6 Å². The summed E-state index contributed by atoms with van der Waals surface area (Å²) in [6.07, 6.45) is 12.6. The maximum Gasteiger partial charge on any atom is 0.159 e. The van der Waals surface area contributed by atoms with Crippen LogP contribution in [0.25, 0.3) is 0 Å². The van der Waals surface area contributed by atoms with Gasteiger partial charge < -0.3 is 4.74 Å². The normalized spacial score (nSPS) is 12.4. The van der Waals surface area contributed by atoms with Crippen LogP contribution in [0.5, 0.6) is 0 Å². The van der Waals surface area contributed by atoms with Crippen LogP contribution in [-0.2, 0) is 4.74 Å². The van der Waals surface area contributed by atoms with Gasteiger partial charge in [0.1, 0.15) is 0 Å². The van der Waals surface area contributed by atoms with Crippen molar-refractivity contribution >= 4 is 29.9 Å². The lowest BCUT2D eigenvalue weighted by Gasteiger charge is -2.11. The third kappa shape index (κ3) is 12.7. The van der Waals surface area contributed by atoms with Crippen molar-refractivity contribution in [3.05, 3.63) is 0 Å². The SMILES string of the molecule is CCCCCCCCCC(S)CCOC(=S)CC. The number of unbranched alkanes of at least 4 members (excludes halogenated alkanes) is 6. The molecule has 0 aliphatic carbocycles. The molecule has 0 bridgehead atoms. The predicted octanol–water partition coefficient (Wildman–Crippen LogP) is 5.57. The Labute approximate surface area is 124 Å². The summed E-state index contributed by atoms with van der Waals surface area (Å²) in [6, 6.07) is 0. The standard InChI is InChI=1S/C15H30OS2/c1-3-5-6-7-8-9-10-11-14(17)12-13-16-15(18)4-2/h14,17H,3-13H2,1-2H3. The van der Waals surface area contributed by atoms with Crippen LogP contribution in [0, 0.1) is 0 Å². The van der Waals surface area contributed by atoms with Gasteiger partial charge in [-0.3, -0.25) is 0 Å². The molecule has 1 unspecified atom stereocenters. The van der Waals surface area contributed by atoms with Crippen LogP contribution in [0.1, 0.15) is 78.1 Å². The van der Waals surface area contributed by atoms with E-state index in [1.807, 2.05) is 6.92 Å². The van der Waals surface area contributed by atoms with Crippen LogP contribution in [0.15, 0.2) is 0 Å². The molecule has 0 radical (unpaired) electrons. The Hall–Kier alpha value is 0.240. The summed E-state index contributed by atoms with van der Waals surface area (Å²) in [5.41, 5.74) is 0. The average Bonchev–Trinajstić information content (AvgIpc) is 2.37. The molecule has 0 saturated carbocycles. The monoisotopic (exact) mass is 290 g/mol. The Morgan fingerprint density at radius 3 is 2.22 bits per heavy atom. The first kappa shape index (κ1) is 18.2. The van der Waals surface area contributed by atoms with E-state index < -0.39 is 0 Å². The maximum atomic E-state index is 5.42. The van der Waals surface area contributed by atoms with Crippen LogP contribution in [0.4, 0.5) is 0 Å². The highest BCUT2D eigenvalue weighted by atomic mass is 32.1. The van der Waals surface area contributed by atoms with Crippen molar-refractivity contribution in [1.82, 2.24) is 0 Å². The zero-order valence-corrected chi connectivity index (χ0v) is 13.8. The topological polar surface area (TPSA) is 9.23 Å². The first-order valence-corrected chi connectivity index (χ1v) is 8.46. The van der Waals surface area contributed by atoms with Gasteiger partial charge >= 0.3 is 0 Å². The highest BCUT2D eigenvalue weighted by Crippen LogP contribution is 2.14. The number of thiol groups is 1. The Bertz CT molecular complexity index is 195. The van der Waals surface area contributed by atoms with Crippen LogP contribution >= 0.6 is 24.8 Å². The molecule has 108 valence electrons.